The van der Waals surface area contributed by atoms with E-state index >= 15 is 0 Å². The second kappa shape index (κ2) is 5.52. The molecular weight excluding hydrogens is 242 g/mol. The Hall–Kier alpha value is -2.36. The lowest BCUT2D eigenvalue weighted by molar-refractivity contribution is -0.151. The molecule has 19 heavy (non-hydrogen) atoms. The molecular formula is C15H15NO3. The molecule has 0 aromatic heterocycles. The van der Waals surface area contributed by atoms with Crippen LogP contribution in [0.15, 0.2) is 42.5 Å². The van der Waals surface area contributed by atoms with Gasteiger partial charge in [0.1, 0.15) is 0 Å². The molecule has 0 aliphatic carbocycles. The highest BCUT2D eigenvalue weighted by Gasteiger charge is 2.23. The summed E-state index contributed by atoms with van der Waals surface area (Å²) in [7, 11) is 1.21. The number of carbonyl (C=O) groups is 2. The Morgan fingerprint density at radius 2 is 1.79 bits per heavy atom. The average Bonchev–Trinajstić information content (AvgIpc) is 2.47. The minimum Gasteiger partial charge on any atom is -0.462 e. The van der Waals surface area contributed by atoms with E-state index < -0.39 is 11.9 Å². The van der Waals surface area contributed by atoms with Crippen molar-refractivity contribution in [1.82, 2.24) is 0 Å². The van der Waals surface area contributed by atoms with Crippen LogP contribution in [-0.2, 0) is 14.3 Å². The van der Waals surface area contributed by atoms with E-state index in [0.717, 1.165) is 16.5 Å². The maximum Gasteiger partial charge on any atom is 0.397 e. The van der Waals surface area contributed by atoms with Gasteiger partial charge in [-0.1, -0.05) is 36.4 Å². The first-order valence-electron chi connectivity index (χ1n) is 6.06. The molecule has 0 heterocycles. The zero-order chi connectivity index (χ0) is 13.8. The van der Waals surface area contributed by atoms with Crippen LogP contribution in [0.2, 0.25) is 0 Å². The number of fused-ring (bicyclic) bond motifs is 1. The second-order valence-corrected chi connectivity index (χ2v) is 4.04. The van der Waals surface area contributed by atoms with Gasteiger partial charge in [0.05, 0.1) is 12.8 Å². The van der Waals surface area contributed by atoms with E-state index in [1.165, 1.54) is 12.0 Å². The van der Waals surface area contributed by atoms with Crippen LogP contribution in [0.3, 0.4) is 0 Å². The highest BCUT2D eigenvalue weighted by molar-refractivity contribution is 6.38. The molecule has 0 atom stereocenters. The van der Waals surface area contributed by atoms with E-state index in [9.17, 15) is 9.59 Å². The Labute approximate surface area is 111 Å². The van der Waals surface area contributed by atoms with Crippen LogP contribution in [0.25, 0.3) is 10.8 Å². The van der Waals surface area contributed by atoms with Gasteiger partial charge in [-0.3, -0.25) is 4.79 Å². The Bertz CT molecular complexity index is 616. The van der Waals surface area contributed by atoms with Crippen LogP contribution in [-0.4, -0.2) is 25.5 Å². The van der Waals surface area contributed by atoms with Crippen LogP contribution in [0.1, 0.15) is 6.92 Å². The highest BCUT2D eigenvalue weighted by Crippen LogP contribution is 2.26. The molecule has 0 saturated carbocycles. The van der Waals surface area contributed by atoms with Crippen LogP contribution in [0.4, 0.5) is 5.69 Å². The third-order valence-electron chi connectivity index (χ3n) is 2.98. The molecule has 0 aliphatic rings. The number of ether oxygens (including phenoxy) is 1. The van der Waals surface area contributed by atoms with Crippen LogP contribution in [0, 0.1) is 0 Å². The van der Waals surface area contributed by atoms with Crippen molar-refractivity contribution in [3.05, 3.63) is 42.5 Å². The van der Waals surface area contributed by atoms with E-state index in [1.807, 2.05) is 49.4 Å². The Morgan fingerprint density at radius 3 is 2.47 bits per heavy atom. The van der Waals surface area contributed by atoms with Gasteiger partial charge < -0.3 is 9.64 Å². The summed E-state index contributed by atoms with van der Waals surface area (Å²) < 4.78 is 4.50. The maximum absolute atomic E-state index is 12.0. The number of carbonyl (C=O) groups excluding carboxylic acids is 2. The van der Waals surface area contributed by atoms with Gasteiger partial charge in [0.15, 0.2) is 0 Å². The molecule has 98 valence electrons. The molecule has 0 N–H and O–H groups in total. The summed E-state index contributed by atoms with van der Waals surface area (Å²) in [5, 5.41) is 1.96. The van der Waals surface area contributed by atoms with Crippen molar-refractivity contribution in [2.45, 2.75) is 6.92 Å². The maximum atomic E-state index is 12.0. The molecule has 2 aromatic rings. The number of benzene rings is 2. The number of hydrogen-bond donors (Lipinski definition) is 0. The number of rotatable bonds is 2. The zero-order valence-corrected chi connectivity index (χ0v) is 10.9. The summed E-state index contributed by atoms with van der Waals surface area (Å²) in [6, 6.07) is 13.4. The summed E-state index contributed by atoms with van der Waals surface area (Å²) >= 11 is 0. The van der Waals surface area contributed by atoms with E-state index in [4.69, 9.17) is 0 Å². The standard InChI is InChI=1S/C15H15NO3/c1-3-16(14(17)15(18)19-2)13-10-6-8-11-7-4-5-9-12(11)13/h4-10H,3H2,1-2H3. The zero-order valence-electron chi connectivity index (χ0n) is 10.9. The molecule has 1 amide bonds. The SMILES string of the molecule is CCN(C(=O)C(=O)OC)c1cccc2ccccc12. The average molecular weight is 257 g/mol. The molecule has 4 heteroatoms. The summed E-state index contributed by atoms with van der Waals surface area (Å²) in [6.45, 7) is 2.23. The first-order chi connectivity index (χ1) is 9.19. The molecule has 0 radical (unpaired) electrons. The van der Waals surface area contributed by atoms with Gasteiger partial charge in [0.2, 0.25) is 0 Å². The third-order valence-corrected chi connectivity index (χ3v) is 2.98. The minimum absolute atomic E-state index is 0.405. The normalized spacial score (nSPS) is 10.2. The number of methoxy groups -OCH3 is 1. The summed E-state index contributed by atoms with van der Waals surface area (Å²) in [6.07, 6.45) is 0. The fourth-order valence-electron chi connectivity index (χ4n) is 2.06. The molecule has 0 spiro atoms. The lowest BCUT2D eigenvalue weighted by atomic mass is 10.1. The molecule has 0 bridgehead atoms. The largest absolute Gasteiger partial charge is 0.462 e. The van der Waals surface area contributed by atoms with Crippen LogP contribution >= 0.6 is 0 Å². The number of nitrogens with zero attached hydrogens (tertiary/aromatic N) is 1. The van der Waals surface area contributed by atoms with Crippen LogP contribution in [0.5, 0.6) is 0 Å². The molecule has 0 aliphatic heterocycles. The van der Waals surface area contributed by atoms with Crippen molar-refractivity contribution in [1.29, 1.82) is 0 Å². The van der Waals surface area contributed by atoms with Crippen molar-refractivity contribution in [2.75, 3.05) is 18.6 Å². The summed E-state index contributed by atoms with van der Waals surface area (Å²) in [5.41, 5.74) is 0.719. The highest BCUT2D eigenvalue weighted by atomic mass is 16.5. The number of amides is 1. The molecule has 0 saturated heterocycles. The predicted molar refractivity (Wildman–Crippen MR) is 74.0 cm³/mol. The third kappa shape index (κ3) is 2.42. The number of hydrogen-bond acceptors (Lipinski definition) is 3. The van der Waals surface area contributed by atoms with Gasteiger partial charge in [-0.25, -0.2) is 4.79 Å². The molecule has 2 rings (SSSR count). The van der Waals surface area contributed by atoms with E-state index in [1.54, 1.807) is 0 Å². The van der Waals surface area contributed by atoms with Crippen molar-refractivity contribution < 1.29 is 14.3 Å². The van der Waals surface area contributed by atoms with Gasteiger partial charge in [-0.2, -0.15) is 0 Å². The number of likely N-dealkylation sites (N-methyl/N-ethyl adjacent to an activating group) is 1. The summed E-state index contributed by atoms with van der Waals surface area (Å²) in [4.78, 5) is 24.8. The Kier molecular flexibility index (Phi) is 3.80. The lowest BCUT2D eigenvalue weighted by Crippen LogP contribution is -2.37. The van der Waals surface area contributed by atoms with Crippen LogP contribution < -0.4 is 4.90 Å². The van der Waals surface area contributed by atoms with Crippen molar-refractivity contribution in [3.63, 3.8) is 0 Å². The molecule has 4 nitrogen and oxygen atoms in total. The Balaban J connectivity index is 2.52. The molecule has 2 aromatic carbocycles. The quantitative estimate of drug-likeness (QED) is 0.613. The topological polar surface area (TPSA) is 46.6 Å². The van der Waals surface area contributed by atoms with Gasteiger partial charge in [0, 0.05) is 11.9 Å². The fourth-order valence-corrected chi connectivity index (χ4v) is 2.06. The monoisotopic (exact) mass is 257 g/mol. The van der Waals surface area contributed by atoms with E-state index in [2.05, 4.69) is 4.74 Å². The first-order valence-corrected chi connectivity index (χ1v) is 6.06. The van der Waals surface area contributed by atoms with Crippen molar-refractivity contribution in [3.8, 4) is 0 Å². The lowest BCUT2D eigenvalue weighted by Gasteiger charge is -2.21. The van der Waals surface area contributed by atoms with Gasteiger partial charge >= 0.3 is 11.9 Å². The van der Waals surface area contributed by atoms with Crippen molar-refractivity contribution >= 4 is 28.3 Å². The summed E-state index contributed by atoms with van der Waals surface area (Å²) in [5.74, 6) is -1.50. The van der Waals surface area contributed by atoms with E-state index in [-0.39, 0.29) is 0 Å². The fraction of sp³-hybridized carbons (Fsp3) is 0.200. The second-order valence-electron chi connectivity index (χ2n) is 4.04. The van der Waals surface area contributed by atoms with Gasteiger partial charge in [-0.15, -0.1) is 0 Å². The number of anilines is 1. The minimum atomic E-state index is -0.852. The molecule has 0 unspecified atom stereocenters. The molecule has 0 fully saturated rings. The Morgan fingerprint density at radius 1 is 1.11 bits per heavy atom. The number of esters is 1. The smallest absolute Gasteiger partial charge is 0.397 e. The predicted octanol–water partition coefficient (Wildman–Crippen LogP) is 2.37. The van der Waals surface area contributed by atoms with E-state index in [0.29, 0.717) is 6.54 Å². The van der Waals surface area contributed by atoms with Crippen molar-refractivity contribution in [2.24, 2.45) is 0 Å². The first kappa shape index (κ1) is 13.1. The van der Waals surface area contributed by atoms with Gasteiger partial charge in [0.25, 0.3) is 0 Å². The van der Waals surface area contributed by atoms with Gasteiger partial charge in [-0.05, 0) is 18.4 Å².